The van der Waals surface area contributed by atoms with Crippen LogP contribution in [-0.4, -0.2) is 11.9 Å². The van der Waals surface area contributed by atoms with E-state index in [1.165, 1.54) is 0 Å². The second kappa shape index (κ2) is 15.3. The molecule has 15 heavy (non-hydrogen) atoms. The van der Waals surface area contributed by atoms with Gasteiger partial charge in [0.25, 0.3) is 0 Å². The summed E-state index contributed by atoms with van der Waals surface area (Å²) >= 11 is 0. The summed E-state index contributed by atoms with van der Waals surface area (Å²) in [6, 6.07) is 12.0. The average molecular weight is 297 g/mol. The van der Waals surface area contributed by atoms with Gasteiger partial charge in [0, 0.05) is 11.9 Å². The van der Waals surface area contributed by atoms with Crippen molar-refractivity contribution in [3.8, 4) is 0 Å². The SMILES string of the molecule is CC(=O)[O-].CC(=O)[O-].[Ru+2].c1ccccc1. The smallest absolute Gasteiger partial charge is 0.550 e. The van der Waals surface area contributed by atoms with Crippen LogP contribution < -0.4 is 10.2 Å². The zero-order chi connectivity index (χ0) is 11.4. The number of carboxylic acids is 2. The first-order valence-electron chi connectivity index (χ1n) is 3.82. The van der Waals surface area contributed by atoms with Gasteiger partial charge in [-0.25, -0.2) is 0 Å². The number of hydrogen-bond donors (Lipinski definition) is 0. The van der Waals surface area contributed by atoms with Crippen LogP contribution in [0.15, 0.2) is 36.4 Å². The molecule has 0 amide bonds. The van der Waals surface area contributed by atoms with Crippen molar-refractivity contribution in [2.24, 2.45) is 0 Å². The Hall–Kier alpha value is -1.22. The fraction of sp³-hybridized carbons (Fsp3) is 0.200. The molecule has 1 aromatic carbocycles. The van der Waals surface area contributed by atoms with Gasteiger partial charge in [-0.15, -0.1) is 0 Å². The third kappa shape index (κ3) is 65.0. The van der Waals surface area contributed by atoms with E-state index in [-0.39, 0.29) is 19.5 Å². The molecule has 0 saturated heterocycles. The molecule has 0 fully saturated rings. The topological polar surface area (TPSA) is 80.3 Å². The summed E-state index contributed by atoms with van der Waals surface area (Å²) in [6.45, 7) is 1.94. The van der Waals surface area contributed by atoms with Crippen LogP contribution in [0.5, 0.6) is 0 Å². The van der Waals surface area contributed by atoms with E-state index in [4.69, 9.17) is 19.8 Å². The molecule has 5 heteroatoms. The Morgan fingerprint density at radius 2 is 0.800 bits per heavy atom. The molecule has 0 radical (unpaired) electrons. The fourth-order valence-electron chi connectivity index (χ4n) is 0.385. The van der Waals surface area contributed by atoms with Gasteiger partial charge < -0.3 is 19.8 Å². The molecular formula is C10H12O4Ru. The van der Waals surface area contributed by atoms with Gasteiger partial charge in [-0.2, -0.15) is 0 Å². The van der Waals surface area contributed by atoms with E-state index in [1.54, 1.807) is 0 Å². The molecule has 1 aromatic rings. The second-order valence-electron chi connectivity index (χ2n) is 2.14. The van der Waals surface area contributed by atoms with Crippen molar-refractivity contribution in [1.82, 2.24) is 0 Å². The molecule has 0 saturated carbocycles. The molecule has 0 heterocycles. The number of hydrogen-bond acceptors (Lipinski definition) is 4. The minimum absolute atomic E-state index is 0. The Balaban J connectivity index is -0.000000145. The molecule has 0 aromatic heterocycles. The summed E-state index contributed by atoms with van der Waals surface area (Å²) in [4.78, 5) is 17.8. The molecule has 0 spiro atoms. The molecule has 4 nitrogen and oxygen atoms in total. The Kier molecular flexibility index (Phi) is 19.7. The van der Waals surface area contributed by atoms with Crippen LogP contribution in [0.25, 0.3) is 0 Å². The normalized spacial score (nSPS) is 6.53. The first kappa shape index (κ1) is 19.4. The largest absolute Gasteiger partial charge is 2.00 e. The van der Waals surface area contributed by atoms with Crippen LogP contribution in [0.4, 0.5) is 0 Å². The van der Waals surface area contributed by atoms with E-state index in [2.05, 4.69) is 0 Å². The maximum atomic E-state index is 8.89. The van der Waals surface area contributed by atoms with Crippen LogP contribution in [-0.2, 0) is 29.1 Å². The third-order valence-electron chi connectivity index (χ3n) is 0.667. The van der Waals surface area contributed by atoms with Crippen LogP contribution in [0.3, 0.4) is 0 Å². The van der Waals surface area contributed by atoms with Crippen molar-refractivity contribution < 1.29 is 39.3 Å². The average Bonchev–Trinajstić information content (AvgIpc) is 2.05. The van der Waals surface area contributed by atoms with Gasteiger partial charge in [0.15, 0.2) is 0 Å². The number of carboxylic acid groups (broad SMARTS) is 2. The number of aliphatic carboxylic acids is 2. The summed E-state index contributed by atoms with van der Waals surface area (Å²) in [5.41, 5.74) is 0. The maximum Gasteiger partial charge on any atom is 2.00 e. The maximum absolute atomic E-state index is 8.89. The van der Waals surface area contributed by atoms with Crippen molar-refractivity contribution in [2.75, 3.05) is 0 Å². The summed E-state index contributed by atoms with van der Waals surface area (Å²) in [5, 5.41) is 17.8. The fourth-order valence-corrected chi connectivity index (χ4v) is 0.385. The van der Waals surface area contributed by atoms with Crippen molar-refractivity contribution in [2.45, 2.75) is 13.8 Å². The molecule has 84 valence electrons. The number of carbonyl (C=O) groups excluding carboxylic acids is 2. The van der Waals surface area contributed by atoms with Crippen molar-refractivity contribution in [3.05, 3.63) is 36.4 Å². The Morgan fingerprint density at radius 3 is 0.867 bits per heavy atom. The molecular weight excluding hydrogens is 285 g/mol. The molecule has 1 rings (SSSR count). The van der Waals surface area contributed by atoms with Gasteiger partial charge in [0.05, 0.1) is 0 Å². The quantitative estimate of drug-likeness (QED) is 0.587. The van der Waals surface area contributed by atoms with Crippen LogP contribution in [0.2, 0.25) is 0 Å². The Bertz CT molecular complexity index is 202. The predicted molar refractivity (Wildman–Crippen MR) is 47.8 cm³/mol. The Morgan fingerprint density at radius 1 is 0.733 bits per heavy atom. The van der Waals surface area contributed by atoms with Crippen LogP contribution in [0.1, 0.15) is 13.8 Å². The van der Waals surface area contributed by atoms with E-state index < -0.39 is 11.9 Å². The second-order valence-corrected chi connectivity index (χ2v) is 2.14. The zero-order valence-electron chi connectivity index (χ0n) is 8.45. The number of benzene rings is 1. The molecule has 0 bridgehead atoms. The minimum Gasteiger partial charge on any atom is -0.550 e. The molecule has 0 aliphatic heterocycles. The van der Waals surface area contributed by atoms with Crippen molar-refractivity contribution >= 4 is 11.9 Å². The summed E-state index contributed by atoms with van der Waals surface area (Å²) in [5.74, 6) is -2.17. The van der Waals surface area contributed by atoms with Gasteiger partial charge in [0.2, 0.25) is 0 Å². The summed E-state index contributed by atoms with van der Waals surface area (Å²) in [6.07, 6.45) is 0. The number of carbonyl (C=O) groups is 2. The van der Waals surface area contributed by atoms with Crippen molar-refractivity contribution in [3.63, 3.8) is 0 Å². The van der Waals surface area contributed by atoms with Gasteiger partial charge in [0.1, 0.15) is 0 Å². The van der Waals surface area contributed by atoms with E-state index in [9.17, 15) is 0 Å². The van der Waals surface area contributed by atoms with Gasteiger partial charge >= 0.3 is 19.5 Å². The monoisotopic (exact) mass is 298 g/mol. The standard InChI is InChI=1S/C6H6.2C2H4O2.Ru/c1-2-4-6-5-3-1;2*1-2(3)4;/h1-6H;2*1H3,(H,3,4);/q;;;+2/p-2. The first-order chi connectivity index (χ1) is 6.46. The molecule has 0 aliphatic rings. The van der Waals surface area contributed by atoms with E-state index >= 15 is 0 Å². The Labute approximate surface area is 102 Å². The summed E-state index contributed by atoms with van der Waals surface area (Å²) < 4.78 is 0. The van der Waals surface area contributed by atoms with Gasteiger partial charge in [-0.1, -0.05) is 36.4 Å². The minimum atomic E-state index is -1.08. The predicted octanol–water partition coefficient (Wildman–Crippen LogP) is -0.803. The molecule has 0 unspecified atom stereocenters. The summed E-state index contributed by atoms with van der Waals surface area (Å²) in [7, 11) is 0. The molecule has 0 aliphatic carbocycles. The number of rotatable bonds is 0. The van der Waals surface area contributed by atoms with Gasteiger partial charge in [-0.05, 0) is 13.8 Å². The van der Waals surface area contributed by atoms with E-state index in [0.717, 1.165) is 13.8 Å². The zero-order valence-corrected chi connectivity index (χ0v) is 10.2. The van der Waals surface area contributed by atoms with Crippen LogP contribution in [0, 0.1) is 0 Å². The van der Waals surface area contributed by atoms with Crippen LogP contribution >= 0.6 is 0 Å². The third-order valence-corrected chi connectivity index (χ3v) is 0.667. The molecule has 0 N–H and O–H groups in total. The van der Waals surface area contributed by atoms with E-state index in [0.29, 0.717) is 0 Å². The first-order valence-corrected chi connectivity index (χ1v) is 3.82. The van der Waals surface area contributed by atoms with E-state index in [1.807, 2.05) is 36.4 Å². The van der Waals surface area contributed by atoms with Crippen molar-refractivity contribution in [1.29, 1.82) is 0 Å². The van der Waals surface area contributed by atoms with Gasteiger partial charge in [-0.3, -0.25) is 0 Å². The molecule has 0 atom stereocenters.